The van der Waals surface area contributed by atoms with Gasteiger partial charge in [0.2, 0.25) is 0 Å². The number of hydrogen-bond acceptors (Lipinski definition) is 6. The lowest BCUT2D eigenvalue weighted by Crippen LogP contribution is -2.48. The van der Waals surface area contributed by atoms with Crippen LogP contribution in [0.15, 0.2) is 0 Å². The second-order valence-corrected chi connectivity index (χ2v) is 5.30. The van der Waals surface area contributed by atoms with Crippen LogP contribution in [-0.2, 0) is 23.9 Å². The summed E-state index contributed by atoms with van der Waals surface area (Å²) in [4.78, 5) is 37.8. The highest BCUT2D eigenvalue weighted by molar-refractivity contribution is 5.90. The molecule has 1 amide bonds. The number of rotatable bonds is 7. The van der Waals surface area contributed by atoms with E-state index < -0.39 is 35.8 Å². The zero-order valence-corrected chi connectivity index (χ0v) is 13.4. The van der Waals surface area contributed by atoms with E-state index in [2.05, 4.69) is 0 Å². The number of carbonyl (C=O) groups excluding carboxylic acids is 3. The highest BCUT2D eigenvalue weighted by atomic mass is 16.5. The third-order valence-electron chi connectivity index (χ3n) is 3.77. The van der Waals surface area contributed by atoms with E-state index >= 15 is 0 Å². The number of amides is 1. The van der Waals surface area contributed by atoms with Crippen molar-refractivity contribution >= 4 is 17.8 Å². The first-order valence-corrected chi connectivity index (χ1v) is 7.74. The summed E-state index contributed by atoms with van der Waals surface area (Å²) in [5.74, 6) is -4.14. The van der Waals surface area contributed by atoms with E-state index in [0.717, 1.165) is 12.8 Å². The average molecular weight is 315 g/mol. The molecule has 126 valence electrons. The summed E-state index contributed by atoms with van der Waals surface area (Å²) in [6.07, 6.45) is 0.142. The quantitative estimate of drug-likeness (QED) is 0.681. The number of nitrogens with zero attached hydrogens (tertiary/aromatic N) is 1. The summed E-state index contributed by atoms with van der Waals surface area (Å²) >= 11 is 0. The van der Waals surface area contributed by atoms with Crippen molar-refractivity contribution in [1.29, 1.82) is 0 Å². The maximum absolute atomic E-state index is 12.3. The Hall–Kier alpha value is -1.63. The van der Waals surface area contributed by atoms with Crippen molar-refractivity contribution < 1.29 is 29.0 Å². The lowest BCUT2D eigenvalue weighted by Gasteiger charge is -2.27. The van der Waals surface area contributed by atoms with Crippen LogP contribution in [0.25, 0.3) is 0 Å². The van der Waals surface area contributed by atoms with Crippen LogP contribution in [0.2, 0.25) is 0 Å². The normalized spacial score (nSPS) is 18.5. The van der Waals surface area contributed by atoms with Gasteiger partial charge in [0.1, 0.15) is 12.0 Å². The molecular weight excluding hydrogens is 290 g/mol. The van der Waals surface area contributed by atoms with Crippen molar-refractivity contribution in [3.63, 3.8) is 0 Å². The number of likely N-dealkylation sites (tertiary alicyclic amines) is 1. The van der Waals surface area contributed by atoms with Crippen molar-refractivity contribution in [3.8, 4) is 0 Å². The van der Waals surface area contributed by atoms with Gasteiger partial charge in [0, 0.05) is 13.1 Å². The molecule has 22 heavy (non-hydrogen) atoms. The molecule has 3 unspecified atom stereocenters. The first-order valence-electron chi connectivity index (χ1n) is 7.74. The van der Waals surface area contributed by atoms with Crippen LogP contribution in [0, 0.1) is 11.8 Å². The summed E-state index contributed by atoms with van der Waals surface area (Å²) < 4.78 is 9.80. The number of carbonyl (C=O) groups is 3. The maximum Gasteiger partial charge on any atom is 0.312 e. The Morgan fingerprint density at radius 3 is 2.05 bits per heavy atom. The van der Waals surface area contributed by atoms with Gasteiger partial charge in [-0.1, -0.05) is 6.92 Å². The fourth-order valence-electron chi connectivity index (χ4n) is 2.54. The molecule has 0 aromatic carbocycles. The molecule has 1 aliphatic rings. The average Bonchev–Trinajstić information content (AvgIpc) is 3.01. The van der Waals surface area contributed by atoms with Crippen molar-refractivity contribution in [2.45, 2.75) is 39.7 Å². The molecule has 1 heterocycles. The van der Waals surface area contributed by atoms with Gasteiger partial charge in [-0.15, -0.1) is 0 Å². The summed E-state index contributed by atoms with van der Waals surface area (Å²) in [5, 5.41) is 10.3. The molecule has 1 fully saturated rings. The van der Waals surface area contributed by atoms with Crippen molar-refractivity contribution in [2.75, 3.05) is 26.3 Å². The Bertz CT molecular complexity index is 405. The van der Waals surface area contributed by atoms with Crippen LogP contribution in [0.4, 0.5) is 0 Å². The van der Waals surface area contributed by atoms with E-state index in [1.807, 2.05) is 0 Å². The van der Waals surface area contributed by atoms with Gasteiger partial charge in [0.05, 0.1) is 19.1 Å². The number of aliphatic hydroxyl groups is 1. The smallest absolute Gasteiger partial charge is 0.312 e. The van der Waals surface area contributed by atoms with Crippen LogP contribution < -0.4 is 0 Å². The molecule has 1 rings (SSSR count). The molecule has 7 heteroatoms. The van der Waals surface area contributed by atoms with Gasteiger partial charge in [0.25, 0.3) is 5.91 Å². The maximum atomic E-state index is 12.3. The third kappa shape index (κ3) is 4.43. The monoisotopic (exact) mass is 315 g/mol. The summed E-state index contributed by atoms with van der Waals surface area (Å²) in [6, 6.07) is 0. The van der Waals surface area contributed by atoms with E-state index in [-0.39, 0.29) is 13.2 Å². The first-order chi connectivity index (χ1) is 10.4. The molecule has 0 radical (unpaired) electrons. The summed E-state index contributed by atoms with van der Waals surface area (Å²) in [6.45, 7) is 6.11. The Morgan fingerprint density at radius 2 is 1.55 bits per heavy atom. The summed E-state index contributed by atoms with van der Waals surface area (Å²) in [7, 11) is 0. The van der Waals surface area contributed by atoms with Gasteiger partial charge in [-0.25, -0.2) is 0 Å². The number of ether oxygens (including phenoxy) is 2. The standard InChI is InChI=1S/C15H25NO6/c1-4-21-14(19)10(3)11(15(20)22-5-2)12(17)13(18)16-8-6-7-9-16/h10-12,17H,4-9H2,1-3H3. The molecule has 1 N–H and O–H groups in total. The van der Waals surface area contributed by atoms with E-state index in [1.165, 1.54) is 11.8 Å². The van der Waals surface area contributed by atoms with Crippen LogP contribution in [0.1, 0.15) is 33.6 Å². The van der Waals surface area contributed by atoms with E-state index in [0.29, 0.717) is 13.1 Å². The van der Waals surface area contributed by atoms with Gasteiger partial charge in [-0.2, -0.15) is 0 Å². The topological polar surface area (TPSA) is 93.1 Å². The molecule has 1 saturated heterocycles. The molecule has 3 atom stereocenters. The summed E-state index contributed by atoms with van der Waals surface area (Å²) in [5.41, 5.74) is 0. The van der Waals surface area contributed by atoms with Gasteiger partial charge in [-0.05, 0) is 26.7 Å². The molecular formula is C15H25NO6. The van der Waals surface area contributed by atoms with Gasteiger partial charge in [0.15, 0.2) is 0 Å². The molecule has 0 saturated carbocycles. The minimum absolute atomic E-state index is 0.107. The molecule has 7 nitrogen and oxygen atoms in total. The molecule has 0 aromatic rings. The second-order valence-electron chi connectivity index (χ2n) is 5.30. The van der Waals surface area contributed by atoms with Crippen LogP contribution >= 0.6 is 0 Å². The zero-order chi connectivity index (χ0) is 16.7. The Morgan fingerprint density at radius 1 is 1.05 bits per heavy atom. The lowest BCUT2D eigenvalue weighted by molar-refractivity contribution is -0.168. The minimum Gasteiger partial charge on any atom is -0.466 e. The third-order valence-corrected chi connectivity index (χ3v) is 3.77. The lowest BCUT2D eigenvalue weighted by atomic mass is 9.88. The fraction of sp³-hybridized carbons (Fsp3) is 0.800. The SMILES string of the molecule is CCOC(=O)C(C)C(C(=O)OCC)C(O)C(=O)N1CCCC1. The second kappa shape index (κ2) is 8.73. The minimum atomic E-state index is -1.60. The highest BCUT2D eigenvalue weighted by Crippen LogP contribution is 2.23. The number of esters is 2. The zero-order valence-electron chi connectivity index (χ0n) is 13.4. The van der Waals surface area contributed by atoms with Crippen molar-refractivity contribution in [3.05, 3.63) is 0 Å². The van der Waals surface area contributed by atoms with Crippen LogP contribution in [0.5, 0.6) is 0 Å². The molecule has 0 bridgehead atoms. The first kappa shape index (κ1) is 18.4. The van der Waals surface area contributed by atoms with E-state index in [1.54, 1.807) is 13.8 Å². The van der Waals surface area contributed by atoms with E-state index in [9.17, 15) is 19.5 Å². The molecule has 0 aliphatic carbocycles. The Balaban J connectivity index is 2.90. The van der Waals surface area contributed by atoms with Crippen LogP contribution in [0.3, 0.4) is 0 Å². The van der Waals surface area contributed by atoms with Gasteiger partial charge < -0.3 is 19.5 Å². The number of aliphatic hydroxyl groups excluding tert-OH is 1. The van der Waals surface area contributed by atoms with Crippen LogP contribution in [-0.4, -0.2) is 60.3 Å². The Kier molecular flexibility index (Phi) is 7.31. The predicted octanol–water partition coefficient (Wildman–Crippen LogP) is 0.348. The highest BCUT2D eigenvalue weighted by Gasteiger charge is 2.43. The van der Waals surface area contributed by atoms with Gasteiger partial charge >= 0.3 is 11.9 Å². The molecule has 0 spiro atoms. The van der Waals surface area contributed by atoms with Crippen molar-refractivity contribution in [2.24, 2.45) is 11.8 Å². The van der Waals surface area contributed by atoms with Crippen molar-refractivity contribution in [1.82, 2.24) is 4.90 Å². The van der Waals surface area contributed by atoms with Gasteiger partial charge in [-0.3, -0.25) is 14.4 Å². The van der Waals surface area contributed by atoms with E-state index in [4.69, 9.17) is 9.47 Å². The predicted molar refractivity (Wildman–Crippen MR) is 77.7 cm³/mol. The molecule has 1 aliphatic heterocycles. The largest absolute Gasteiger partial charge is 0.466 e. The fourth-order valence-corrected chi connectivity index (χ4v) is 2.54. The molecule has 0 aromatic heterocycles. The Labute approximate surface area is 130 Å². The number of hydrogen-bond donors (Lipinski definition) is 1.